The summed E-state index contributed by atoms with van der Waals surface area (Å²) < 4.78 is 0. The third-order valence-corrected chi connectivity index (χ3v) is 8.34. The van der Waals surface area contributed by atoms with Crippen molar-refractivity contribution >= 4 is 17.1 Å². The SMILES string of the molecule is CC12CC(=NO)C3C(CCC4CC(=NO)CCC43C)C1CCC2=NO. The molecule has 4 fully saturated rings. The molecule has 4 rings (SSSR count). The molecule has 3 N–H and O–H groups in total. The fourth-order valence-electron chi connectivity index (χ4n) is 7.06. The standard InChI is InChI=1S/C19H29N3O3/c1-18-8-7-12(20-23)9-11(18)3-4-13-14-5-6-16(22-25)19(14,2)10-15(21-24)17(13)18/h11,13-14,17,23-25H,3-10H2,1-2H3. The zero-order valence-corrected chi connectivity index (χ0v) is 15.1. The van der Waals surface area contributed by atoms with Crippen molar-refractivity contribution in [1.82, 2.24) is 0 Å². The van der Waals surface area contributed by atoms with Crippen molar-refractivity contribution in [3.05, 3.63) is 0 Å². The molecule has 0 aromatic heterocycles. The molecule has 0 saturated heterocycles. The molecule has 138 valence electrons. The molecule has 0 aliphatic heterocycles. The third-order valence-electron chi connectivity index (χ3n) is 8.34. The van der Waals surface area contributed by atoms with Crippen LogP contribution in [0.25, 0.3) is 0 Å². The van der Waals surface area contributed by atoms with Crippen LogP contribution in [0.5, 0.6) is 0 Å². The van der Waals surface area contributed by atoms with Gasteiger partial charge in [0.1, 0.15) is 0 Å². The van der Waals surface area contributed by atoms with Gasteiger partial charge < -0.3 is 15.6 Å². The van der Waals surface area contributed by atoms with Crippen LogP contribution in [0, 0.1) is 34.5 Å². The maximum absolute atomic E-state index is 9.85. The van der Waals surface area contributed by atoms with Gasteiger partial charge in [-0.25, -0.2) is 0 Å². The van der Waals surface area contributed by atoms with E-state index in [1.807, 2.05) is 0 Å². The van der Waals surface area contributed by atoms with Crippen molar-refractivity contribution < 1.29 is 15.6 Å². The van der Waals surface area contributed by atoms with Gasteiger partial charge in [-0.1, -0.05) is 29.3 Å². The van der Waals surface area contributed by atoms with E-state index in [4.69, 9.17) is 0 Å². The summed E-state index contributed by atoms with van der Waals surface area (Å²) in [7, 11) is 0. The molecule has 0 aromatic carbocycles. The number of rotatable bonds is 0. The van der Waals surface area contributed by atoms with Crippen LogP contribution in [0.15, 0.2) is 15.5 Å². The Morgan fingerprint density at radius 3 is 2.44 bits per heavy atom. The van der Waals surface area contributed by atoms with Crippen molar-refractivity contribution in [2.45, 2.75) is 65.2 Å². The summed E-state index contributed by atoms with van der Waals surface area (Å²) in [5.74, 6) is 1.76. The number of nitrogens with zero attached hydrogens (tertiary/aromatic N) is 3. The van der Waals surface area contributed by atoms with E-state index in [1.54, 1.807) is 0 Å². The lowest BCUT2D eigenvalue weighted by atomic mass is 9.44. The van der Waals surface area contributed by atoms with Crippen molar-refractivity contribution in [3.63, 3.8) is 0 Å². The molecule has 6 nitrogen and oxygen atoms in total. The summed E-state index contributed by atoms with van der Waals surface area (Å²) in [5, 5.41) is 39.4. The highest BCUT2D eigenvalue weighted by Crippen LogP contribution is 2.64. The second-order valence-corrected chi connectivity index (χ2v) is 9.17. The van der Waals surface area contributed by atoms with Gasteiger partial charge in [-0.05, 0) is 68.1 Å². The highest BCUT2D eigenvalue weighted by Gasteiger charge is 2.62. The lowest BCUT2D eigenvalue weighted by molar-refractivity contribution is -0.0299. The van der Waals surface area contributed by atoms with E-state index >= 15 is 0 Å². The van der Waals surface area contributed by atoms with Crippen molar-refractivity contribution in [2.24, 2.45) is 50.0 Å². The molecule has 6 atom stereocenters. The molecule has 25 heavy (non-hydrogen) atoms. The van der Waals surface area contributed by atoms with E-state index in [0.717, 1.165) is 62.1 Å². The van der Waals surface area contributed by atoms with Gasteiger partial charge in [0.2, 0.25) is 0 Å². The van der Waals surface area contributed by atoms with Crippen LogP contribution in [-0.4, -0.2) is 32.8 Å². The Bertz CT molecular complexity index is 658. The van der Waals surface area contributed by atoms with E-state index in [-0.39, 0.29) is 16.7 Å². The number of fused-ring (bicyclic) bond motifs is 5. The zero-order chi connectivity index (χ0) is 17.8. The molecule has 4 saturated carbocycles. The first-order valence-electron chi connectivity index (χ1n) is 9.60. The van der Waals surface area contributed by atoms with Gasteiger partial charge >= 0.3 is 0 Å². The first-order chi connectivity index (χ1) is 12.0. The average Bonchev–Trinajstić information content (AvgIpc) is 2.96. The molecule has 0 amide bonds. The van der Waals surface area contributed by atoms with Gasteiger partial charge in [-0.15, -0.1) is 0 Å². The third kappa shape index (κ3) is 2.18. The van der Waals surface area contributed by atoms with Gasteiger partial charge in [-0.3, -0.25) is 0 Å². The van der Waals surface area contributed by atoms with Crippen molar-refractivity contribution in [2.75, 3.05) is 0 Å². The Labute approximate surface area is 148 Å². The summed E-state index contributed by atoms with van der Waals surface area (Å²) in [5.41, 5.74) is 2.61. The van der Waals surface area contributed by atoms with Crippen molar-refractivity contribution in [1.29, 1.82) is 0 Å². The maximum atomic E-state index is 9.85. The van der Waals surface area contributed by atoms with Gasteiger partial charge in [0, 0.05) is 17.8 Å². The van der Waals surface area contributed by atoms with Crippen LogP contribution >= 0.6 is 0 Å². The Morgan fingerprint density at radius 2 is 1.76 bits per heavy atom. The highest BCUT2D eigenvalue weighted by molar-refractivity contribution is 6.00. The first-order valence-corrected chi connectivity index (χ1v) is 9.60. The average molecular weight is 347 g/mol. The second kappa shape index (κ2) is 5.71. The van der Waals surface area contributed by atoms with E-state index in [2.05, 4.69) is 29.3 Å². The van der Waals surface area contributed by atoms with Crippen LogP contribution in [0.4, 0.5) is 0 Å². The van der Waals surface area contributed by atoms with Crippen LogP contribution in [0.3, 0.4) is 0 Å². The minimum atomic E-state index is -0.174. The maximum Gasteiger partial charge on any atom is 0.0636 e. The van der Waals surface area contributed by atoms with Crippen LogP contribution < -0.4 is 0 Å². The van der Waals surface area contributed by atoms with Crippen LogP contribution in [-0.2, 0) is 0 Å². The Balaban J connectivity index is 1.73. The summed E-state index contributed by atoms with van der Waals surface area (Å²) in [6.07, 6.45) is 7.53. The summed E-state index contributed by atoms with van der Waals surface area (Å²) in [4.78, 5) is 0. The van der Waals surface area contributed by atoms with Crippen LogP contribution in [0.2, 0.25) is 0 Å². The summed E-state index contributed by atoms with van der Waals surface area (Å²) >= 11 is 0. The topological polar surface area (TPSA) is 97.8 Å². The summed E-state index contributed by atoms with van der Waals surface area (Å²) in [6, 6.07) is 0. The van der Waals surface area contributed by atoms with E-state index in [1.165, 1.54) is 0 Å². The monoisotopic (exact) mass is 347 g/mol. The quantitative estimate of drug-likeness (QED) is 0.454. The highest BCUT2D eigenvalue weighted by atomic mass is 16.4. The molecule has 4 aliphatic carbocycles. The molecular weight excluding hydrogens is 318 g/mol. The molecule has 6 unspecified atom stereocenters. The Hall–Kier alpha value is -1.59. The zero-order valence-electron chi connectivity index (χ0n) is 15.1. The molecular formula is C19H29N3O3. The van der Waals surface area contributed by atoms with E-state index in [0.29, 0.717) is 24.2 Å². The second-order valence-electron chi connectivity index (χ2n) is 9.17. The van der Waals surface area contributed by atoms with Gasteiger partial charge in [-0.2, -0.15) is 0 Å². The molecule has 0 bridgehead atoms. The number of oxime groups is 3. The molecule has 0 aromatic rings. The molecule has 0 heterocycles. The minimum absolute atomic E-state index is 0.0963. The lowest BCUT2D eigenvalue weighted by Gasteiger charge is -2.59. The van der Waals surface area contributed by atoms with Gasteiger partial charge in [0.25, 0.3) is 0 Å². The largest absolute Gasteiger partial charge is 0.411 e. The normalized spacial score (nSPS) is 51.4. The predicted molar refractivity (Wildman–Crippen MR) is 94.8 cm³/mol. The smallest absolute Gasteiger partial charge is 0.0636 e. The van der Waals surface area contributed by atoms with E-state index < -0.39 is 0 Å². The van der Waals surface area contributed by atoms with E-state index in [9.17, 15) is 15.6 Å². The van der Waals surface area contributed by atoms with Gasteiger partial charge in [0.05, 0.1) is 17.1 Å². The molecule has 6 heteroatoms. The fraction of sp³-hybridized carbons (Fsp3) is 0.842. The van der Waals surface area contributed by atoms with Crippen molar-refractivity contribution in [3.8, 4) is 0 Å². The Kier molecular flexibility index (Phi) is 3.85. The molecule has 4 aliphatic rings. The predicted octanol–water partition coefficient (Wildman–Crippen LogP) is 4.13. The minimum Gasteiger partial charge on any atom is -0.411 e. The summed E-state index contributed by atoms with van der Waals surface area (Å²) in [6.45, 7) is 4.54. The van der Waals surface area contributed by atoms with Gasteiger partial charge in [0.15, 0.2) is 0 Å². The number of hydrogen-bond donors (Lipinski definition) is 3. The molecule has 0 radical (unpaired) electrons. The fourth-order valence-corrected chi connectivity index (χ4v) is 7.06. The number of hydrogen-bond acceptors (Lipinski definition) is 6. The first kappa shape index (κ1) is 16.9. The molecule has 0 spiro atoms. The Morgan fingerprint density at radius 1 is 0.960 bits per heavy atom. The van der Waals surface area contributed by atoms with Crippen LogP contribution in [0.1, 0.15) is 65.2 Å². The lowest BCUT2D eigenvalue weighted by Crippen LogP contribution is -2.57.